The van der Waals surface area contributed by atoms with Crippen molar-refractivity contribution in [3.05, 3.63) is 65.0 Å². The molecule has 2 aromatic rings. The van der Waals surface area contributed by atoms with Crippen LogP contribution in [0.15, 0.2) is 42.5 Å². The van der Waals surface area contributed by atoms with Gasteiger partial charge >= 0.3 is 0 Å². The minimum Gasteiger partial charge on any atom is -0.496 e. The molecule has 0 saturated heterocycles. The fraction of sp³-hybridized carbons (Fsp3) is 0.250. The molecule has 0 unspecified atom stereocenters. The summed E-state index contributed by atoms with van der Waals surface area (Å²) in [6.45, 7) is 3.43. The molecular weight excluding hydrogens is 241 g/mol. The first-order chi connectivity index (χ1) is 9.19. The highest BCUT2D eigenvalue weighted by molar-refractivity contribution is 5.36. The van der Waals surface area contributed by atoms with Crippen LogP contribution in [0.1, 0.15) is 16.7 Å². The predicted octanol–water partition coefficient (Wildman–Crippen LogP) is 3.43. The van der Waals surface area contributed by atoms with E-state index in [1.165, 1.54) is 11.6 Å². The average Bonchev–Trinajstić information content (AvgIpc) is 2.39. The quantitative estimate of drug-likeness (QED) is 0.888. The molecule has 0 bridgehead atoms. The zero-order chi connectivity index (χ0) is 13.7. The Labute approximate surface area is 113 Å². The Hall–Kier alpha value is -1.87. The van der Waals surface area contributed by atoms with Crippen molar-refractivity contribution < 1.29 is 9.13 Å². The summed E-state index contributed by atoms with van der Waals surface area (Å²) < 4.78 is 18.2. The van der Waals surface area contributed by atoms with Crippen molar-refractivity contribution in [3.8, 4) is 5.75 Å². The number of halogens is 1. The third-order valence-electron chi connectivity index (χ3n) is 3.01. The van der Waals surface area contributed by atoms with Crippen molar-refractivity contribution in [2.45, 2.75) is 20.0 Å². The average molecular weight is 259 g/mol. The number of hydrogen-bond donors (Lipinski definition) is 1. The molecular formula is C16H18FNO. The Balaban J connectivity index is 1.90. The Morgan fingerprint density at radius 1 is 1.05 bits per heavy atom. The van der Waals surface area contributed by atoms with Crippen molar-refractivity contribution in [1.82, 2.24) is 5.32 Å². The van der Waals surface area contributed by atoms with E-state index in [0.717, 1.165) is 23.4 Å². The van der Waals surface area contributed by atoms with Crippen LogP contribution in [-0.2, 0) is 13.1 Å². The maximum atomic E-state index is 13.0. The number of nitrogens with one attached hydrogen (secondary N) is 1. The number of methoxy groups -OCH3 is 1. The molecule has 0 aromatic heterocycles. The van der Waals surface area contributed by atoms with E-state index in [4.69, 9.17) is 4.74 Å². The molecule has 2 nitrogen and oxygen atoms in total. The number of ether oxygens (including phenoxy) is 1. The Morgan fingerprint density at radius 3 is 2.42 bits per heavy atom. The zero-order valence-corrected chi connectivity index (χ0v) is 11.2. The van der Waals surface area contributed by atoms with Gasteiger partial charge in [0.05, 0.1) is 7.11 Å². The van der Waals surface area contributed by atoms with Crippen molar-refractivity contribution in [2.75, 3.05) is 7.11 Å². The molecule has 0 fully saturated rings. The summed E-state index contributed by atoms with van der Waals surface area (Å²) in [4.78, 5) is 0. The second-order valence-corrected chi connectivity index (χ2v) is 4.54. The third-order valence-corrected chi connectivity index (χ3v) is 3.01. The zero-order valence-electron chi connectivity index (χ0n) is 11.2. The molecule has 0 radical (unpaired) electrons. The second-order valence-electron chi connectivity index (χ2n) is 4.54. The fourth-order valence-corrected chi connectivity index (χ4v) is 2.05. The molecule has 0 aliphatic heterocycles. The molecule has 0 amide bonds. The first-order valence-electron chi connectivity index (χ1n) is 6.27. The number of rotatable bonds is 5. The lowest BCUT2D eigenvalue weighted by Crippen LogP contribution is -2.12. The first kappa shape index (κ1) is 13.6. The highest BCUT2D eigenvalue weighted by atomic mass is 19.1. The maximum absolute atomic E-state index is 13.0. The summed E-state index contributed by atoms with van der Waals surface area (Å²) in [6.07, 6.45) is 0. The molecule has 0 aliphatic carbocycles. The van der Waals surface area contributed by atoms with Gasteiger partial charge in [0.25, 0.3) is 0 Å². The van der Waals surface area contributed by atoms with Crippen molar-refractivity contribution >= 4 is 0 Å². The lowest BCUT2D eigenvalue weighted by atomic mass is 10.1. The van der Waals surface area contributed by atoms with E-state index in [9.17, 15) is 4.39 Å². The SMILES string of the molecule is COc1ccc(CNCc2cccc(F)c2)cc1C. The van der Waals surface area contributed by atoms with E-state index in [0.29, 0.717) is 6.54 Å². The number of aryl methyl sites for hydroxylation is 1. The van der Waals surface area contributed by atoms with Crippen LogP contribution >= 0.6 is 0 Å². The fourth-order valence-electron chi connectivity index (χ4n) is 2.05. The van der Waals surface area contributed by atoms with Crippen LogP contribution in [0.4, 0.5) is 4.39 Å². The number of benzene rings is 2. The van der Waals surface area contributed by atoms with Crippen LogP contribution in [0.5, 0.6) is 5.75 Å². The largest absolute Gasteiger partial charge is 0.496 e. The smallest absolute Gasteiger partial charge is 0.123 e. The summed E-state index contributed by atoms with van der Waals surface area (Å²) in [7, 11) is 1.67. The van der Waals surface area contributed by atoms with E-state index < -0.39 is 0 Å². The normalized spacial score (nSPS) is 10.5. The molecule has 19 heavy (non-hydrogen) atoms. The van der Waals surface area contributed by atoms with E-state index >= 15 is 0 Å². The second kappa shape index (κ2) is 6.34. The van der Waals surface area contributed by atoms with Gasteiger partial charge < -0.3 is 10.1 Å². The van der Waals surface area contributed by atoms with E-state index in [2.05, 4.69) is 11.4 Å². The lowest BCUT2D eigenvalue weighted by Gasteiger charge is -2.09. The van der Waals surface area contributed by atoms with Crippen molar-refractivity contribution in [3.63, 3.8) is 0 Å². The molecule has 0 aliphatic rings. The highest BCUT2D eigenvalue weighted by Crippen LogP contribution is 2.18. The van der Waals surface area contributed by atoms with Crippen molar-refractivity contribution in [1.29, 1.82) is 0 Å². The van der Waals surface area contributed by atoms with Crippen LogP contribution < -0.4 is 10.1 Å². The van der Waals surface area contributed by atoms with Crippen molar-refractivity contribution in [2.24, 2.45) is 0 Å². The van der Waals surface area contributed by atoms with Gasteiger partial charge in [-0.15, -0.1) is 0 Å². The van der Waals surface area contributed by atoms with E-state index in [-0.39, 0.29) is 5.82 Å². The molecule has 2 aromatic carbocycles. The van der Waals surface area contributed by atoms with Crippen LogP contribution in [0.3, 0.4) is 0 Å². The summed E-state index contributed by atoms with van der Waals surface area (Å²) in [5, 5.41) is 3.30. The lowest BCUT2D eigenvalue weighted by molar-refractivity contribution is 0.411. The standard InChI is InChI=1S/C16H18FNO/c1-12-8-14(6-7-16(12)19-2)11-18-10-13-4-3-5-15(17)9-13/h3-9,18H,10-11H2,1-2H3. The van der Waals surface area contributed by atoms with Gasteiger partial charge in [0.15, 0.2) is 0 Å². The van der Waals surface area contributed by atoms with Crippen LogP contribution in [-0.4, -0.2) is 7.11 Å². The number of hydrogen-bond acceptors (Lipinski definition) is 2. The molecule has 3 heteroatoms. The van der Waals surface area contributed by atoms with Crippen LogP contribution in [0.25, 0.3) is 0 Å². The topological polar surface area (TPSA) is 21.3 Å². The molecule has 0 atom stereocenters. The third kappa shape index (κ3) is 3.80. The Bertz CT molecular complexity index is 554. The van der Waals surface area contributed by atoms with Crippen LogP contribution in [0, 0.1) is 12.7 Å². The van der Waals surface area contributed by atoms with Gasteiger partial charge in [0.1, 0.15) is 11.6 Å². The van der Waals surface area contributed by atoms with Gasteiger partial charge in [-0.2, -0.15) is 0 Å². The van der Waals surface area contributed by atoms with Gasteiger partial charge in [-0.3, -0.25) is 0 Å². The Morgan fingerprint density at radius 2 is 1.79 bits per heavy atom. The minimum atomic E-state index is -0.195. The van der Waals surface area contributed by atoms with Gasteiger partial charge in [0.2, 0.25) is 0 Å². The Kier molecular flexibility index (Phi) is 4.53. The van der Waals surface area contributed by atoms with Gasteiger partial charge in [0, 0.05) is 13.1 Å². The summed E-state index contributed by atoms with van der Waals surface area (Å²) in [5.74, 6) is 0.702. The minimum absolute atomic E-state index is 0.195. The molecule has 100 valence electrons. The predicted molar refractivity (Wildman–Crippen MR) is 74.7 cm³/mol. The van der Waals surface area contributed by atoms with E-state index in [1.54, 1.807) is 19.2 Å². The summed E-state index contributed by atoms with van der Waals surface area (Å²) in [5.41, 5.74) is 3.26. The molecule has 2 rings (SSSR count). The molecule has 0 heterocycles. The van der Waals surface area contributed by atoms with E-state index in [1.807, 2.05) is 25.1 Å². The molecule has 0 spiro atoms. The summed E-state index contributed by atoms with van der Waals surface area (Å²) in [6, 6.07) is 12.7. The summed E-state index contributed by atoms with van der Waals surface area (Å²) >= 11 is 0. The first-order valence-corrected chi connectivity index (χ1v) is 6.27. The van der Waals surface area contributed by atoms with Gasteiger partial charge in [-0.05, 0) is 41.8 Å². The van der Waals surface area contributed by atoms with Crippen LogP contribution in [0.2, 0.25) is 0 Å². The molecule has 1 N–H and O–H groups in total. The van der Waals surface area contributed by atoms with Gasteiger partial charge in [-0.1, -0.05) is 24.3 Å². The molecule has 0 saturated carbocycles. The maximum Gasteiger partial charge on any atom is 0.123 e. The highest BCUT2D eigenvalue weighted by Gasteiger charge is 2.00. The van der Waals surface area contributed by atoms with Gasteiger partial charge in [-0.25, -0.2) is 4.39 Å². The monoisotopic (exact) mass is 259 g/mol.